The molecule has 4 N–H and O–H groups in total. The zero-order valence-electron chi connectivity index (χ0n) is 12.3. The Kier molecular flexibility index (Phi) is 7.25. The number of benzene rings is 1. The summed E-state index contributed by atoms with van der Waals surface area (Å²) >= 11 is 0. The van der Waals surface area contributed by atoms with Crippen LogP contribution in [0.4, 0.5) is 0 Å². The highest BCUT2D eigenvalue weighted by Gasteiger charge is 2.29. The second-order valence-electron chi connectivity index (χ2n) is 4.77. The summed E-state index contributed by atoms with van der Waals surface area (Å²) in [4.78, 5) is 14.2. The molecule has 1 unspecified atom stereocenters. The Hall–Kier alpha value is -2.08. The lowest BCUT2D eigenvalue weighted by Gasteiger charge is -2.26. The zero-order valence-corrected chi connectivity index (χ0v) is 12.3. The maximum atomic E-state index is 12.7. The molecule has 0 bridgehead atoms. The molecule has 0 aliphatic carbocycles. The van der Waals surface area contributed by atoms with Gasteiger partial charge < -0.3 is 20.9 Å². The van der Waals surface area contributed by atoms with E-state index in [9.17, 15) is 4.79 Å². The van der Waals surface area contributed by atoms with Gasteiger partial charge in [-0.15, -0.1) is 0 Å². The number of oxime groups is 1. The molecule has 1 aromatic rings. The number of amides is 1. The first-order valence-corrected chi connectivity index (χ1v) is 7.07. The molecule has 116 valence electrons. The van der Waals surface area contributed by atoms with E-state index in [1.54, 1.807) is 29.2 Å². The fraction of sp³-hybridized carbons (Fsp3) is 0.467. The zero-order chi connectivity index (χ0) is 15.7. The second-order valence-corrected chi connectivity index (χ2v) is 4.77. The van der Waals surface area contributed by atoms with Gasteiger partial charge in [0.05, 0.1) is 6.61 Å². The fourth-order valence-electron chi connectivity index (χ4n) is 2.13. The van der Waals surface area contributed by atoms with Gasteiger partial charge >= 0.3 is 0 Å². The van der Waals surface area contributed by atoms with Gasteiger partial charge in [-0.2, -0.15) is 0 Å². The summed E-state index contributed by atoms with van der Waals surface area (Å²) in [5, 5.41) is 21.1. The van der Waals surface area contributed by atoms with E-state index < -0.39 is 5.92 Å². The molecule has 1 aromatic carbocycles. The van der Waals surface area contributed by atoms with Crippen molar-refractivity contribution in [2.75, 3.05) is 19.7 Å². The maximum Gasteiger partial charge on any atom is 0.237 e. The van der Waals surface area contributed by atoms with Crippen LogP contribution in [0.15, 0.2) is 35.5 Å². The molecule has 0 aliphatic rings. The van der Waals surface area contributed by atoms with Crippen LogP contribution in [-0.4, -0.2) is 46.7 Å². The molecule has 0 saturated carbocycles. The summed E-state index contributed by atoms with van der Waals surface area (Å²) < 4.78 is 0. The van der Waals surface area contributed by atoms with Crippen LogP contribution in [0.2, 0.25) is 0 Å². The van der Waals surface area contributed by atoms with Gasteiger partial charge in [0, 0.05) is 13.1 Å². The Balaban J connectivity index is 3.03. The largest absolute Gasteiger partial charge is 0.409 e. The van der Waals surface area contributed by atoms with Crippen molar-refractivity contribution >= 4 is 11.7 Å². The lowest BCUT2D eigenvalue weighted by Crippen LogP contribution is -2.42. The van der Waals surface area contributed by atoms with E-state index in [4.69, 9.17) is 16.0 Å². The number of nitrogens with zero attached hydrogens (tertiary/aromatic N) is 2. The fourth-order valence-corrected chi connectivity index (χ4v) is 2.13. The van der Waals surface area contributed by atoms with Crippen LogP contribution < -0.4 is 5.73 Å². The first-order chi connectivity index (χ1) is 10.2. The highest BCUT2D eigenvalue weighted by atomic mass is 16.4. The number of carbonyl (C=O) groups excluding carboxylic acids is 1. The predicted octanol–water partition coefficient (Wildman–Crippen LogP) is 1.14. The smallest absolute Gasteiger partial charge is 0.237 e. The monoisotopic (exact) mass is 293 g/mol. The van der Waals surface area contributed by atoms with E-state index in [0.717, 1.165) is 12.8 Å². The molecule has 0 aliphatic heterocycles. The minimum atomic E-state index is -0.834. The third kappa shape index (κ3) is 4.75. The van der Waals surface area contributed by atoms with Crippen LogP contribution in [0.5, 0.6) is 0 Å². The molecule has 0 aromatic heterocycles. The van der Waals surface area contributed by atoms with Crippen molar-refractivity contribution in [1.29, 1.82) is 0 Å². The van der Waals surface area contributed by atoms with Crippen molar-refractivity contribution in [3.8, 4) is 0 Å². The molecule has 0 heterocycles. The summed E-state index contributed by atoms with van der Waals surface area (Å²) in [5.74, 6) is -1.25. The number of carbonyl (C=O) groups is 1. The van der Waals surface area contributed by atoms with Crippen molar-refractivity contribution in [3.05, 3.63) is 35.9 Å². The molecular weight excluding hydrogens is 270 g/mol. The number of nitrogens with two attached hydrogens (primary N) is 1. The standard InChI is InChI=1S/C15H23N3O3/c1-2-3-9-18(10-11-19)15(20)13(14(16)17-21)12-7-5-4-6-8-12/h4-8,13,19,21H,2-3,9-11H2,1H3,(H2,16,17). The average Bonchev–Trinajstić information content (AvgIpc) is 2.52. The van der Waals surface area contributed by atoms with Gasteiger partial charge in [-0.3, -0.25) is 4.79 Å². The molecule has 1 amide bonds. The SMILES string of the molecule is CCCCN(CCO)C(=O)C(C(N)=NO)c1ccccc1. The van der Waals surface area contributed by atoms with Crippen LogP contribution in [0.3, 0.4) is 0 Å². The number of aliphatic hydroxyl groups is 1. The number of unbranched alkanes of at least 4 members (excludes halogenated alkanes) is 1. The first kappa shape index (κ1) is 17.0. The molecule has 6 heteroatoms. The van der Waals surface area contributed by atoms with Gasteiger partial charge in [0.1, 0.15) is 5.92 Å². The maximum absolute atomic E-state index is 12.7. The minimum Gasteiger partial charge on any atom is -0.409 e. The minimum absolute atomic E-state index is 0.118. The Labute approximate surface area is 124 Å². The number of rotatable bonds is 8. The van der Waals surface area contributed by atoms with Gasteiger partial charge in [0.15, 0.2) is 5.84 Å². The number of hydrogen-bond acceptors (Lipinski definition) is 4. The summed E-state index contributed by atoms with van der Waals surface area (Å²) in [6.07, 6.45) is 1.78. The molecular formula is C15H23N3O3. The highest BCUT2D eigenvalue weighted by Crippen LogP contribution is 2.19. The second kappa shape index (κ2) is 8.97. The van der Waals surface area contributed by atoms with Gasteiger partial charge in [-0.05, 0) is 12.0 Å². The van der Waals surface area contributed by atoms with E-state index in [1.165, 1.54) is 0 Å². The number of amidine groups is 1. The van der Waals surface area contributed by atoms with Crippen LogP contribution in [0, 0.1) is 0 Å². The first-order valence-electron chi connectivity index (χ1n) is 7.07. The summed E-state index contributed by atoms with van der Waals surface area (Å²) in [6.45, 7) is 2.69. The Morgan fingerprint density at radius 3 is 2.52 bits per heavy atom. The van der Waals surface area contributed by atoms with Crippen LogP contribution in [-0.2, 0) is 4.79 Å². The summed E-state index contributed by atoms with van der Waals surface area (Å²) in [5.41, 5.74) is 6.37. The molecule has 0 spiro atoms. The van der Waals surface area contributed by atoms with Gasteiger partial charge in [0.25, 0.3) is 0 Å². The molecule has 1 atom stereocenters. The molecule has 21 heavy (non-hydrogen) atoms. The normalized spacial score (nSPS) is 13.0. The Morgan fingerprint density at radius 2 is 2.00 bits per heavy atom. The highest BCUT2D eigenvalue weighted by molar-refractivity contribution is 6.07. The summed E-state index contributed by atoms with van der Waals surface area (Å²) in [6, 6.07) is 8.94. The van der Waals surface area contributed by atoms with E-state index in [2.05, 4.69) is 5.16 Å². The average molecular weight is 293 g/mol. The molecule has 0 fully saturated rings. The van der Waals surface area contributed by atoms with E-state index in [0.29, 0.717) is 12.1 Å². The Bertz CT molecular complexity index is 462. The molecule has 0 radical (unpaired) electrons. The third-order valence-electron chi connectivity index (χ3n) is 3.25. The lowest BCUT2D eigenvalue weighted by molar-refractivity contribution is -0.131. The quantitative estimate of drug-likeness (QED) is 0.289. The van der Waals surface area contributed by atoms with Gasteiger partial charge in [-0.1, -0.05) is 48.8 Å². The lowest BCUT2D eigenvalue weighted by atomic mass is 9.96. The predicted molar refractivity (Wildman–Crippen MR) is 81.2 cm³/mol. The van der Waals surface area contributed by atoms with E-state index in [-0.39, 0.29) is 24.9 Å². The van der Waals surface area contributed by atoms with Gasteiger partial charge in [0.2, 0.25) is 5.91 Å². The number of hydrogen-bond donors (Lipinski definition) is 3. The van der Waals surface area contributed by atoms with Crippen LogP contribution in [0.1, 0.15) is 31.2 Å². The van der Waals surface area contributed by atoms with E-state index in [1.807, 2.05) is 13.0 Å². The van der Waals surface area contributed by atoms with Crippen molar-refractivity contribution in [1.82, 2.24) is 4.90 Å². The van der Waals surface area contributed by atoms with Crippen LogP contribution >= 0.6 is 0 Å². The topological polar surface area (TPSA) is 99.2 Å². The van der Waals surface area contributed by atoms with Crippen molar-refractivity contribution in [3.63, 3.8) is 0 Å². The van der Waals surface area contributed by atoms with Crippen molar-refractivity contribution in [2.24, 2.45) is 10.9 Å². The molecule has 1 rings (SSSR count). The number of aliphatic hydroxyl groups excluding tert-OH is 1. The van der Waals surface area contributed by atoms with Crippen molar-refractivity contribution in [2.45, 2.75) is 25.7 Å². The van der Waals surface area contributed by atoms with E-state index >= 15 is 0 Å². The Morgan fingerprint density at radius 1 is 1.33 bits per heavy atom. The molecule has 0 saturated heterocycles. The third-order valence-corrected chi connectivity index (χ3v) is 3.25. The molecule has 6 nitrogen and oxygen atoms in total. The van der Waals surface area contributed by atoms with Gasteiger partial charge in [-0.25, -0.2) is 0 Å². The van der Waals surface area contributed by atoms with Crippen molar-refractivity contribution < 1.29 is 15.1 Å². The summed E-state index contributed by atoms with van der Waals surface area (Å²) in [7, 11) is 0. The van der Waals surface area contributed by atoms with Crippen LogP contribution in [0.25, 0.3) is 0 Å².